The van der Waals surface area contributed by atoms with Gasteiger partial charge in [-0.05, 0) is 123 Å². The van der Waals surface area contributed by atoms with Crippen molar-refractivity contribution in [3.05, 3.63) is 36.2 Å². The van der Waals surface area contributed by atoms with E-state index in [0.717, 1.165) is 16.7 Å². The average molecular weight is 817 g/mol. The van der Waals surface area contributed by atoms with Crippen molar-refractivity contribution in [1.82, 2.24) is 14.9 Å². The molecule has 320 valence electrons. The molecule has 2 aromatic rings. The molecule has 3 heterocycles. The highest BCUT2D eigenvalue weighted by Crippen LogP contribution is 2.38. The molecule has 14 nitrogen and oxygen atoms in total. The second-order valence-corrected chi connectivity index (χ2v) is 25.0. The number of ether oxygens (including phenoxy) is 4. The molecular weight excluding hydrogens is 747 g/mol. The van der Waals surface area contributed by atoms with Crippen molar-refractivity contribution in [3.63, 3.8) is 0 Å². The van der Waals surface area contributed by atoms with Gasteiger partial charge < -0.3 is 33.6 Å². The van der Waals surface area contributed by atoms with E-state index in [1.54, 1.807) is 32.6 Å². The zero-order chi connectivity index (χ0) is 42.9. The fraction of sp³-hybridized carbons (Fsp3) is 0.714. The van der Waals surface area contributed by atoms with Gasteiger partial charge in [-0.3, -0.25) is 4.84 Å². The van der Waals surface area contributed by atoms with Gasteiger partial charge in [-0.15, -0.1) is 4.68 Å². The Labute approximate surface area is 341 Å². The van der Waals surface area contributed by atoms with Gasteiger partial charge in [-0.25, -0.2) is 20.3 Å². The van der Waals surface area contributed by atoms with Gasteiger partial charge >= 0.3 is 18.2 Å². The second kappa shape index (κ2) is 16.9. The van der Waals surface area contributed by atoms with Gasteiger partial charge in [0.1, 0.15) is 34.8 Å². The SMILES string of the molecule is CC(C)(C)OC(=O)NCC(C[n+]1cc(-c2ccc3c(c2)CC[C@H](C(C)(ON)C(=O)OC(C)(C)C)O3)cn1CC1CN(C(=O)OC(C)(C)C)C1)O[Si](C)(C)C(C)(C)C. The summed E-state index contributed by atoms with van der Waals surface area (Å²) in [7, 11) is -2.27. The Morgan fingerprint density at radius 1 is 0.912 bits per heavy atom. The van der Waals surface area contributed by atoms with Crippen LogP contribution in [0.3, 0.4) is 0 Å². The van der Waals surface area contributed by atoms with Crippen molar-refractivity contribution in [3.8, 4) is 16.9 Å². The molecule has 1 fully saturated rings. The summed E-state index contributed by atoms with van der Waals surface area (Å²) in [4.78, 5) is 45.7. The predicted molar refractivity (Wildman–Crippen MR) is 220 cm³/mol. The van der Waals surface area contributed by atoms with Crippen molar-refractivity contribution in [2.24, 2.45) is 11.8 Å². The van der Waals surface area contributed by atoms with E-state index in [2.05, 4.69) is 67.0 Å². The molecular formula is C42H70N5O9Si+. The maximum atomic E-state index is 13.2. The first-order valence-electron chi connectivity index (χ1n) is 20.1. The average Bonchev–Trinajstić information content (AvgIpc) is 3.42. The van der Waals surface area contributed by atoms with E-state index in [1.165, 1.54) is 0 Å². The summed E-state index contributed by atoms with van der Waals surface area (Å²) >= 11 is 0. The van der Waals surface area contributed by atoms with Crippen LogP contribution in [-0.4, -0.2) is 90.3 Å². The molecule has 4 rings (SSSR count). The molecule has 57 heavy (non-hydrogen) atoms. The van der Waals surface area contributed by atoms with Crippen molar-refractivity contribution >= 4 is 26.5 Å². The van der Waals surface area contributed by atoms with Gasteiger partial charge in [0.05, 0.1) is 24.8 Å². The Hall–Kier alpha value is -3.66. The van der Waals surface area contributed by atoms with Crippen LogP contribution in [0.15, 0.2) is 30.6 Å². The molecule has 0 spiro atoms. The zero-order valence-electron chi connectivity index (χ0n) is 37.2. The van der Waals surface area contributed by atoms with Crippen LogP contribution >= 0.6 is 0 Å². The summed E-state index contributed by atoms with van der Waals surface area (Å²) in [6, 6.07) is 6.04. The number of carbonyl (C=O) groups is 3. The lowest BCUT2D eigenvalue weighted by Crippen LogP contribution is -2.57. The van der Waals surface area contributed by atoms with E-state index < -0.39 is 48.9 Å². The number of alkyl carbamates (subject to hydrolysis) is 1. The van der Waals surface area contributed by atoms with Crippen molar-refractivity contribution in [2.45, 2.75) is 169 Å². The van der Waals surface area contributed by atoms with E-state index in [9.17, 15) is 14.4 Å². The topological polar surface area (TPSA) is 157 Å². The molecule has 2 aliphatic heterocycles. The third-order valence-electron chi connectivity index (χ3n) is 10.5. The first-order chi connectivity index (χ1) is 26.0. The predicted octanol–water partition coefficient (Wildman–Crippen LogP) is 6.91. The lowest BCUT2D eigenvalue weighted by molar-refractivity contribution is -0.780. The highest BCUT2D eigenvalue weighted by Gasteiger charge is 2.49. The molecule has 3 N–H and O–H groups in total. The number of rotatable bonds is 12. The number of carbonyl (C=O) groups excluding carboxylic acids is 3. The maximum Gasteiger partial charge on any atom is 0.410 e. The summed E-state index contributed by atoms with van der Waals surface area (Å²) in [6.45, 7) is 31.7. The Morgan fingerprint density at radius 3 is 2.09 bits per heavy atom. The highest BCUT2D eigenvalue weighted by molar-refractivity contribution is 6.74. The van der Waals surface area contributed by atoms with Crippen LogP contribution in [-0.2, 0) is 47.8 Å². The van der Waals surface area contributed by atoms with Crippen molar-refractivity contribution < 1.29 is 47.3 Å². The van der Waals surface area contributed by atoms with Gasteiger partial charge in [0.15, 0.2) is 14.9 Å². The summed E-state index contributed by atoms with van der Waals surface area (Å²) in [5.41, 5.74) is -0.431. The Kier molecular flexibility index (Phi) is 13.6. The van der Waals surface area contributed by atoms with E-state index >= 15 is 0 Å². The zero-order valence-corrected chi connectivity index (χ0v) is 38.2. The highest BCUT2D eigenvalue weighted by atomic mass is 28.4. The van der Waals surface area contributed by atoms with Gasteiger partial charge in [0.2, 0.25) is 11.8 Å². The minimum absolute atomic E-state index is 0.0587. The van der Waals surface area contributed by atoms with Crippen molar-refractivity contribution in [1.29, 1.82) is 0 Å². The number of aromatic nitrogens is 2. The second-order valence-electron chi connectivity index (χ2n) is 20.3. The third kappa shape index (κ3) is 12.4. The number of benzene rings is 1. The molecule has 2 amide bonds. The van der Waals surface area contributed by atoms with Gasteiger partial charge in [0.25, 0.3) is 0 Å². The summed E-state index contributed by atoms with van der Waals surface area (Å²) in [5, 5.41) is 2.90. The van der Waals surface area contributed by atoms with Crippen LogP contribution in [0.1, 0.15) is 102 Å². The first kappa shape index (κ1) is 46.0. The first-order valence-corrected chi connectivity index (χ1v) is 23.0. The Morgan fingerprint density at radius 2 is 1.53 bits per heavy atom. The quantitative estimate of drug-likeness (QED) is 0.0759. The van der Waals surface area contributed by atoms with E-state index in [-0.39, 0.29) is 29.7 Å². The fourth-order valence-corrected chi connectivity index (χ4v) is 7.78. The summed E-state index contributed by atoms with van der Waals surface area (Å²) < 4.78 is 34.5. The number of aryl methyl sites for hydroxylation is 1. The van der Waals surface area contributed by atoms with Crippen LogP contribution in [0.4, 0.5) is 9.59 Å². The fourth-order valence-electron chi connectivity index (χ4n) is 6.44. The third-order valence-corrected chi connectivity index (χ3v) is 15.0. The Bertz CT molecular complexity index is 1750. The molecule has 1 aromatic heterocycles. The largest absolute Gasteiger partial charge is 0.486 e. The molecule has 2 aliphatic rings. The number of hydrogen-bond donors (Lipinski definition) is 2. The molecule has 0 saturated carbocycles. The minimum atomic E-state index is -2.27. The molecule has 1 saturated heterocycles. The molecule has 3 atom stereocenters. The number of likely N-dealkylation sites (tertiary alicyclic amines) is 1. The monoisotopic (exact) mass is 816 g/mol. The lowest BCUT2D eigenvalue weighted by Gasteiger charge is -2.39. The molecule has 1 aromatic carbocycles. The normalized spacial score (nSPS) is 18.4. The van der Waals surface area contributed by atoms with Gasteiger partial charge in [-0.2, -0.15) is 4.68 Å². The number of nitrogens with two attached hydrogens (primary N) is 1. The molecule has 0 bridgehead atoms. The van der Waals surface area contributed by atoms with Crippen LogP contribution in [0.5, 0.6) is 5.75 Å². The van der Waals surface area contributed by atoms with E-state index in [0.29, 0.717) is 44.8 Å². The number of nitrogens with zero attached hydrogens (tertiary/aromatic N) is 3. The molecule has 15 heteroatoms. The number of amides is 2. The molecule has 2 unspecified atom stereocenters. The number of nitrogens with one attached hydrogen (secondary N) is 1. The lowest BCUT2D eigenvalue weighted by atomic mass is 9.89. The van der Waals surface area contributed by atoms with Crippen molar-refractivity contribution in [2.75, 3.05) is 19.6 Å². The molecule has 0 radical (unpaired) electrons. The van der Waals surface area contributed by atoms with Crippen LogP contribution in [0.25, 0.3) is 11.1 Å². The number of hydrogen-bond acceptors (Lipinski definition) is 10. The summed E-state index contributed by atoms with van der Waals surface area (Å²) in [6.07, 6.45) is 3.56. The summed E-state index contributed by atoms with van der Waals surface area (Å²) in [5.74, 6) is 5.98. The van der Waals surface area contributed by atoms with Crippen LogP contribution in [0, 0.1) is 5.92 Å². The molecule has 0 aliphatic carbocycles. The Balaban J connectivity index is 1.64. The van der Waals surface area contributed by atoms with Crippen LogP contribution < -0.4 is 20.6 Å². The minimum Gasteiger partial charge on any atom is -0.486 e. The van der Waals surface area contributed by atoms with E-state index in [1.807, 2.05) is 53.7 Å². The standard InChI is InChI=1S/C42H69N5O9Si/c1-38(2,3)52-35(48)42(13,56-43)34-19-17-30-20-29(16-18-33(30)51-34)31-25-46(24-28-22-45(23-28)37(50)54-40(7,8)9)47(26-31)27-32(55-57(14,15)41(10,11)12)21-44-36(49)53-39(4,5)6/h16,18,20,25-26,28,32,34H,17,19,21-24,27,43H2,1-15H3/p+1/t32?,34-,42?/m1/s1. The van der Waals surface area contributed by atoms with E-state index in [4.69, 9.17) is 34.1 Å². The number of fused-ring (bicyclic) bond motifs is 1. The van der Waals surface area contributed by atoms with Crippen LogP contribution in [0.2, 0.25) is 18.1 Å². The maximum absolute atomic E-state index is 13.2. The van der Waals surface area contributed by atoms with Gasteiger partial charge in [-0.1, -0.05) is 26.8 Å². The smallest absolute Gasteiger partial charge is 0.410 e. The van der Waals surface area contributed by atoms with Gasteiger partial charge in [0, 0.05) is 19.0 Å². The number of esters is 1.